The molecule has 0 amide bonds. The predicted octanol–water partition coefficient (Wildman–Crippen LogP) is 4.70. The summed E-state index contributed by atoms with van der Waals surface area (Å²) in [4.78, 5) is 5.69. The zero-order chi connectivity index (χ0) is 16.7. The van der Waals surface area contributed by atoms with E-state index in [4.69, 9.17) is 0 Å². The lowest BCUT2D eigenvalue weighted by molar-refractivity contribution is 0.0206. The van der Waals surface area contributed by atoms with E-state index < -0.39 is 0 Å². The Morgan fingerprint density at radius 2 is 0.826 bits per heavy atom. The average Bonchev–Trinajstić information content (AvgIpc) is 2.85. The van der Waals surface area contributed by atoms with Crippen LogP contribution in [0.1, 0.15) is 67.2 Å². The zero-order valence-electron chi connectivity index (χ0n) is 16.5. The lowest BCUT2D eigenvalue weighted by Gasteiger charge is -2.45. The van der Waals surface area contributed by atoms with Gasteiger partial charge in [-0.1, -0.05) is 41.5 Å². The van der Waals surface area contributed by atoms with Gasteiger partial charge in [-0.25, -0.2) is 0 Å². The zero-order valence-corrected chi connectivity index (χ0v) is 16.5. The first-order valence-corrected chi connectivity index (χ1v) is 10.3. The van der Waals surface area contributed by atoms with Crippen LogP contribution in [0.2, 0.25) is 0 Å². The fourth-order valence-corrected chi connectivity index (χ4v) is 6.97. The molecule has 8 atom stereocenters. The van der Waals surface area contributed by atoms with Crippen LogP contribution in [-0.4, -0.2) is 41.6 Å². The Morgan fingerprint density at radius 3 is 1.13 bits per heavy atom. The highest BCUT2D eigenvalue weighted by Crippen LogP contribution is 2.40. The van der Waals surface area contributed by atoms with E-state index >= 15 is 0 Å². The van der Waals surface area contributed by atoms with E-state index in [1.165, 1.54) is 45.4 Å². The van der Waals surface area contributed by atoms with Gasteiger partial charge >= 0.3 is 0 Å². The van der Waals surface area contributed by atoms with Crippen LogP contribution in [0.3, 0.4) is 0 Å². The normalized spacial score (nSPS) is 50.3. The second-order valence-electron chi connectivity index (χ2n) is 9.81. The van der Waals surface area contributed by atoms with Crippen LogP contribution in [0, 0.1) is 35.5 Å². The van der Waals surface area contributed by atoms with Crippen molar-refractivity contribution in [2.75, 3.05) is 19.8 Å². The third-order valence-electron chi connectivity index (χ3n) is 7.31. The molecule has 2 saturated carbocycles. The first kappa shape index (κ1) is 17.7. The van der Waals surface area contributed by atoms with Crippen LogP contribution in [-0.2, 0) is 0 Å². The molecule has 6 unspecified atom stereocenters. The summed E-state index contributed by atoms with van der Waals surface area (Å²) in [5, 5.41) is 0. The Morgan fingerprint density at radius 1 is 0.522 bits per heavy atom. The van der Waals surface area contributed by atoms with Gasteiger partial charge in [0.2, 0.25) is 0 Å². The van der Waals surface area contributed by atoms with Crippen LogP contribution in [0.4, 0.5) is 0 Å². The van der Waals surface area contributed by atoms with Crippen LogP contribution in [0.15, 0.2) is 0 Å². The molecule has 1 heterocycles. The van der Waals surface area contributed by atoms with Gasteiger partial charge in [-0.05, 0) is 61.2 Å². The summed E-state index contributed by atoms with van der Waals surface area (Å²) in [6.45, 7) is 18.8. The van der Waals surface area contributed by atoms with Crippen LogP contribution in [0.25, 0.3) is 0 Å². The summed E-state index contributed by atoms with van der Waals surface area (Å²) in [5.74, 6) is 5.33. The van der Waals surface area contributed by atoms with Gasteiger partial charge in [0.1, 0.15) is 0 Å². The molecule has 0 aromatic carbocycles. The smallest absolute Gasteiger partial charge is 0.0513 e. The van der Waals surface area contributed by atoms with Gasteiger partial charge in [0.05, 0.1) is 6.67 Å². The summed E-state index contributed by atoms with van der Waals surface area (Å²) >= 11 is 0. The molecule has 2 nitrogen and oxygen atoms in total. The average molecular weight is 321 g/mol. The van der Waals surface area contributed by atoms with E-state index in [1.54, 1.807) is 0 Å². The highest BCUT2D eigenvalue weighted by Gasteiger charge is 2.42. The molecular formula is C21H40N2. The summed E-state index contributed by atoms with van der Waals surface area (Å²) in [6.07, 6.45) is 5.72. The lowest BCUT2D eigenvalue weighted by atomic mass is 9.73. The Hall–Kier alpha value is -0.0800. The van der Waals surface area contributed by atoms with Crippen molar-refractivity contribution in [3.05, 3.63) is 0 Å². The minimum atomic E-state index is 0.823. The summed E-state index contributed by atoms with van der Waals surface area (Å²) in [5.41, 5.74) is 0. The highest BCUT2D eigenvalue weighted by molar-refractivity contribution is 4.94. The number of hydrogen-bond donors (Lipinski definition) is 0. The van der Waals surface area contributed by atoms with Gasteiger partial charge in [0.15, 0.2) is 0 Å². The van der Waals surface area contributed by atoms with E-state index in [0.717, 1.165) is 47.6 Å². The van der Waals surface area contributed by atoms with Gasteiger partial charge in [0, 0.05) is 25.2 Å². The first-order chi connectivity index (χ1) is 10.9. The van der Waals surface area contributed by atoms with Crippen molar-refractivity contribution < 1.29 is 0 Å². The molecule has 3 rings (SSSR count). The molecule has 0 N–H and O–H groups in total. The summed E-state index contributed by atoms with van der Waals surface area (Å²) in [7, 11) is 0. The monoisotopic (exact) mass is 320 g/mol. The molecule has 2 aliphatic carbocycles. The van der Waals surface area contributed by atoms with Gasteiger partial charge in [-0.15, -0.1) is 0 Å². The quantitative estimate of drug-likeness (QED) is 0.727. The summed E-state index contributed by atoms with van der Waals surface area (Å²) < 4.78 is 0. The van der Waals surface area contributed by atoms with E-state index in [2.05, 4.69) is 51.3 Å². The number of nitrogens with zero attached hydrogens (tertiary/aromatic N) is 2. The maximum absolute atomic E-state index is 2.85. The molecule has 3 fully saturated rings. The molecule has 23 heavy (non-hydrogen) atoms. The molecule has 134 valence electrons. The molecule has 3 aliphatic rings. The van der Waals surface area contributed by atoms with Gasteiger partial charge in [-0.2, -0.15) is 0 Å². The molecule has 1 saturated heterocycles. The predicted molar refractivity (Wildman–Crippen MR) is 99.3 cm³/mol. The standard InChI is InChI=1S/C21H40N2/c1-14-9-16(3)20(17(4)10-14)22-7-8-23(13-22)21-18(5)11-15(2)12-19(21)6/h14-21H,7-13H2,1-6H3/t14?,15?,16-,17?,18+,19?,20?,21?. The van der Waals surface area contributed by atoms with Gasteiger partial charge in [0.25, 0.3) is 0 Å². The maximum Gasteiger partial charge on any atom is 0.0513 e. The minimum absolute atomic E-state index is 0.823. The SMILES string of the molecule is CC1CC(C)C(N2CCN(C3C(C)CC(C)C[C@@H]3C)C2)[C@H](C)C1. The third kappa shape index (κ3) is 3.63. The largest absolute Gasteiger partial charge is 0.286 e. The van der Waals surface area contributed by atoms with Crippen molar-refractivity contribution in [2.24, 2.45) is 35.5 Å². The van der Waals surface area contributed by atoms with Crippen LogP contribution < -0.4 is 0 Å². The van der Waals surface area contributed by atoms with Crippen LogP contribution in [0.5, 0.6) is 0 Å². The number of hydrogen-bond acceptors (Lipinski definition) is 2. The second kappa shape index (κ2) is 7.04. The molecule has 0 aromatic heterocycles. The van der Waals surface area contributed by atoms with E-state index in [1.807, 2.05) is 0 Å². The Labute approximate surface area is 145 Å². The highest BCUT2D eigenvalue weighted by atomic mass is 15.4. The van der Waals surface area contributed by atoms with Crippen molar-refractivity contribution >= 4 is 0 Å². The topological polar surface area (TPSA) is 6.48 Å². The minimum Gasteiger partial charge on any atom is -0.286 e. The van der Waals surface area contributed by atoms with Crippen LogP contribution >= 0.6 is 0 Å². The fraction of sp³-hybridized carbons (Fsp3) is 1.00. The molecule has 0 aromatic rings. The molecule has 1 aliphatic heterocycles. The van der Waals surface area contributed by atoms with E-state index in [-0.39, 0.29) is 0 Å². The first-order valence-electron chi connectivity index (χ1n) is 10.3. The van der Waals surface area contributed by atoms with E-state index in [9.17, 15) is 0 Å². The Balaban J connectivity index is 1.64. The Bertz CT molecular complexity index is 335. The van der Waals surface area contributed by atoms with Gasteiger partial charge in [-0.3, -0.25) is 9.80 Å². The van der Waals surface area contributed by atoms with Crippen molar-refractivity contribution in [3.8, 4) is 0 Å². The Kier molecular flexibility index (Phi) is 5.43. The van der Waals surface area contributed by atoms with Crippen molar-refractivity contribution in [1.82, 2.24) is 9.80 Å². The lowest BCUT2D eigenvalue weighted by Crippen LogP contribution is -2.50. The van der Waals surface area contributed by atoms with Crippen molar-refractivity contribution in [2.45, 2.75) is 79.3 Å². The molecular weight excluding hydrogens is 280 g/mol. The second-order valence-corrected chi connectivity index (χ2v) is 9.81. The number of rotatable bonds is 2. The van der Waals surface area contributed by atoms with Crippen molar-refractivity contribution in [3.63, 3.8) is 0 Å². The van der Waals surface area contributed by atoms with E-state index in [0.29, 0.717) is 0 Å². The molecule has 0 radical (unpaired) electrons. The maximum atomic E-state index is 2.85. The molecule has 0 spiro atoms. The molecule has 0 bridgehead atoms. The van der Waals surface area contributed by atoms with Gasteiger partial charge < -0.3 is 0 Å². The summed E-state index contributed by atoms with van der Waals surface area (Å²) in [6, 6.07) is 1.65. The van der Waals surface area contributed by atoms with Crippen molar-refractivity contribution in [1.29, 1.82) is 0 Å². The molecule has 2 heteroatoms. The third-order valence-corrected chi connectivity index (χ3v) is 7.31. The fourth-order valence-electron chi connectivity index (χ4n) is 6.97.